The second kappa shape index (κ2) is 7.25. The predicted molar refractivity (Wildman–Crippen MR) is 91.3 cm³/mol. The third-order valence-electron chi connectivity index (χ3n) is 3.73. The molecule has 8 heteroatoms. The van der Waals surface area contributed by atoms with Crippen LogP contribution < -0.4 is 15.2 Å². The number of hydrogen-bond acceptors (Lipinski definition) is 3. The third kappa shape index (κ3) is 4.18. The number of alkyl halides is 3. The van der Waals surface area contributed by atoms with E-state index in [1.165, 1.54) is 24.3 Å². The predicted octanol–water partition coefficient (Wildman–Crippen LogP) is 4.55. The van der Waals surface area contributed by atoms with E-state index in [1.54, 1.807) is 13.3 Å². The number of nitrogens with one attached hydrogen (secondary N) is 1. The van der Waals surface area contributed by atoms with Gasteiger partial charge in [-0.05, 0) is 41.5 Å². The van der Waals surface area contributed by atoms with Gasteiger partial charge in [0.15, 0.2) is 0 Å². The average molecular weight is 373 g/mol. The number of benzene rings is 2. The number of hydrogen-bond donors (Lipinski definition) is 2. The van der Waals surface area contributed by atoms with Gasteiger partial charge < -0.3 is 20.2 Å². The highest BCUT2D eigenvalue weighted by molar-refractivity contribution is 5.86. The van der Waals surface area contributed by atoms with Crippen molar-refractivity contribution in [2.45, 2.75) is 12.4 Å². The normalized spacial score (nSPS) is 12.5. The molecule has 0 saturated heterocycles. The van der Waals surface area contributed by atoms with Gasteiger partial charge in [-0.1, -0.05) is 12.1 Å². The van der Waals surface area contributed by atoms with Crippen molar-refractivity contribution in [1.82, 2.24) is 4.98 Å². The Kier molecular flexibility index (Phi) is 5.49. The first kappa shape index (κ1) is 19.0. The Hall–Kier alpha value is -2.38. The largest absolute Gasteiger partial charge is 0.573 e. The van der Waals surface area contributed by atoms with Gasteiger partial charge >= 0.3 is 6.36 Å². The molecule has 2 aromatic carbocycles. The Morgan fingerprint density at radius 2 is 1.68 bits per heavy atom. The summed E-state index contributed by atoms with van der Waals surface area (Å²) in [5, 5.41) is 0.900. The fraction of sp³-hybridized carbons (Fsp3) is 0.176. The lowest BCUT2D eigenvalue weighted by molar-refractivity contribution is -0.274. The number of halogens is 4. The van der Waals surface area contributed by atoms with Crippen LogP contribution in [0, 0.1) is 0 Å². The van der Waals surface area contributed by atoms with E-state index in [4.69, 9.17) is 10.5 Å². The first-order valence-corrected chi connectivity index (χ1v) is 7.14. The Morgan fingerprint density at radius 3 is 2.28 bits per heavy atom. The summed E-state index contributed by atoms with van der Waals surface area (Å²) in [6.07, 6.45) is -2.92. The molecule has 0 saturated carbocycles. The Morgan fingerprint density at radius 1 is 1.04 bits per heavy atom. The summed E-state index contributed by atoms with van der Waals surface area (Å²) in [6, 6.07) is 10.6. The van der Waals surface area contributed by atoms with Crippen LogP contribution in [0.25, 0.3) is 10.9 Å². The average Bonchev–Trinajstić information content (AvgIpc) is 2.96. The Labute approximate surface area is 148 Å². The molecule has 0 aliphatic heterocycles. The SMILES string of the molecule is COc1ccc2[nH]cc([C@H](N)c3ccc(OC(F)(F)F)cc3)c2c1.Cl. The summed E-state index contributed by atoms with van der Waals surface area (Å²) < 4.78 is 45.7. The van der Waals surface area contributed by atoms with E-state index >= 15 is 0 Å². The molecule has 0 radical (unpaired) electrons. The summed E-state index contributed by atoms with van der Waals surface area (Å²) in [7, 11) is 1.58. The number of fused-ring (bicyclic) bond motifs is 1. The molecular weight excluding hydrogens is 357 g/mol. The minimum absolute atomic E-state index is 0. The van der Waals surface area contributed by atoms with E-state index in [1.807, 2.05) is 18.2 Å². The van der Waals surface area contributed by atoms with E-state index in [2.05, 4.69) is 9.72 Å². The molecule has 0 spiro atoms. The second-order valence-electron chi connectivity index (χ2n) is 5.25. The van der Waals surface area contributed by atoms with Gasteiger partial charge in [0.2, 0.25) is 0 Å². The monoisotopic (exact) mass is 372 g/mol. The molecule has 1 heterocycles. The van der Waals surface area contributed by atoms with Crippen molar-refractivity contribution in [2.75, 3.05) is 7.11 Å². The maximum atomic E-state index is 12.2. The van der Waals surface area contributed by atoms with Gasteiger partial charge in [-0.25, -0.2) is 0 Å². The van der Waals surface area contributed by atoms with Crippen molar-refractivity contribution < 1.29 is 22.6 Å². The van der Waals surface area contributed by atoms with Gasteiger partial charge in [-0.3, -0.25) is 0 Å². The fourth-order valence-corrected chi connectivity index (χ4v) is 2.56. The van der Waals surface area contributed by atoms with Gasteiger partial charge in [0.25, 0.3) is 0 Å². The maximum Gasteiger partial charge on any atom is 0.573 e. The zero-order chi connectivity index (χ0) is 17.3. The van der Waals surface area contributed by atoms with Crippen molar-refractivity contribution >= 4 is 23.3 Å². The summed E-state index contributed by atoms with van der Waals surface area (Å²) in [6.45, 7) is 0. The fourth-order valence-electron chi connectivity index (χ4n) is 2.56. The second-order valence-corrected chi connectivity index (χ2v) is 5.25. The number of nitrogens with two attached hydrogens (primary N) is 1. The van der Waals surface area contributed by atoms with Gasteiger partial charge in [0.1, 0.15) is 11.5 Å². The molecule has 25 heavy (non-hydrogen) atoms. The van der Waals surface area contributed by atoms with Gasteiger partial charge in [-0.15, -0.1) is 25.6 Å². The molecule has 0 unspecified atom stereocenters. The van der Waals surface area contributed by atoms with Crippen LogP contribution in [0.5, 0.6) is 11.5 Å². The summed E-state index contributed by atoms with van der Waals surface area (Å²) in [5.41, 5.74) is 8.67. The quantitative estimate of drug-likeness (QED) is 0.706. The van der Waals surface area contributed by atoms with Crippen molar-refractivity contribution in [3.05, 3.63) is 59.8 Å². The Bertz CT molecular complexity index is 847. The molecular formula is C17H16ClF3N2O2. The van der Waals surface area contributed by atoms with Crippen LogP contribution in [0.15, 0.2) is 48.7 Å². The zero-order valence-corrected chi connectivity index (χ0v) is 13.9. The zero-order valence-electron chi connectivity index (χ0n) is 13.1. The van der Waals surface area contributed by atoms with Crippen LogP contribution in [0.4, 0.5) is 13.2 Å². The van der Waals surface area contributed by atoms with E-state index in [-0.39, 0.29) is 18.2 Å². The highest BCUT2D eigenvalue weighted by Gasteiger charge is 2.31. The lowest BCUT2D eigenvalue weighted by atomic mass is 9.99. The lowest BCUT2D eigenvalue weighted by Gasteiger charge is -2.13. The molecule has 0 fully saturated rings. The van der Waals surface area contributed by atoms with Crippen LogP contribution in [0.2, 0.25) is 0 Å². The summed E-state index contributed by atoms with van der Waals surface area (Å²) in [5.74, 6) is 0.420. The molecule has 1 atom stereocenters. The molecule has 0 bridgehead atoms. The van der Waals surface area contributed by atoms with Gasteiger partial charge in [-0.2, -0.15) is 0 Å². The van der Waals surface area contributed by atoms with E-state index in [0.29, 0.717) is 11.3 Å². The van der Waals surface area contributed by atoms with E-state index in [0.717, 1.165) is 16.5 Å². The minimum atomic E-state index is -4.71. The van der Waals surface area contributed by atoms with Crippen molar-refractivity contribution in [3.8, 4) is 11.5 Å². The van der Waals surface area contributed by atoms with Crippen LogP contribution in [-0.4, -0.2) is 18.5 Å². The number of ether oxygens (including phenoxy) is 2. The molecule has 0 aliphatic carbocycles. The van der Waals surface area contributed by atoms with Crippen LogP contribution in [0.1, 0.15) is 17.2 Å². The van der Waals surface area contributed by atoms with Crippen molar-refractivity contribution in [1.29, 1.82) is 0 Å². The smallest absolute Gasteiger partial charge is 0.497 e. The summed E-state index contributed by atoms with van der Waals surface area (Å²) >= 11 is 0. The van der Waals surface area contributed by atoms with Crippen LogP contribution in [-0.2, 0) is 0 Å². The minimum Gasteiger partial charge on any atom is -0.497 e. The third-order valence-corrected chi connectivity index (χ3v) is 3.73. The number of H-pyrrole nitrogens is 1. The number of methoxy groups -OCH3 is 1. The van der Waals surface area contributed by atoms with E-state index < -0.39 is 12.4 Å². The number of aromatic nitrogens is 1. The molecule has 0 amide bonds. The Balaban J connectivity index is 0.00000225. The molecule has 0 aliphatic rings. The first-order valence-electron chi connectivity index (χ1n) is 7.14. The first-order chi connectivity index (χ1) is 11.4. The number of rotatable bonds is 4. The van der Waals surface area contributed by atoms with Crippen LogP contribution >= 0.6 is 12.4 Å². The maximum absolute atomic E-state index is 12.2. The number of aromatic amines is 1. The molecule has 3 rings (SSSR count). The molecule has 3 aromatic rings. The van der Waals surface area contributed by atoms with E-state index in [9.17, 15) is 13.2 Å². The van der Waals surface area contributed by atoms with Crippen molar-refractivity contribution in [3.63, 3.8) is 0 Å². The molecule has 1 aromatic heterocycles. The highest BCUT2D eigenvalue weighted by atomic mass is 35.5. The van der Waals surface area contributed by atoms with Crippen LogP contribution in [0.3, 0.4) is 0 Å². The molecule has 134 valence electrons. The molecule has 4 nitrogen and oxygen atoms in total. The molecule has 3 N–H and O–H groups in total. The topological polar surface area (TPSA) is 60.3 Å². The summed E-state index contributed by atoms with van der Waals surface area (Å²) in [4.78, 5) is 3.12. The van der Waals surface area contributed by atoms with Crippen molar-refractivity contribution in [2.24, 2.45) is 5.73 Å². The van der Waals surface area contributed by atoms with Gasteiger partial charge in [0.05, 0.1) is 13.2 Å². The highest BCUT2D eigenvalue weighted by Crippen LogP contribution is 2.31. The van der Waals surface area contributed by atoms with Gasteiger partial charge in [0, 0.05) is 17.1 Å². The standard InChI is InChI=1S/C17H15F3N2O2.ClH/c1-23-12-6-7-15-13(8-12)14(9-22-15)16(21)10-2-4-11(5-3-10)24-17(18,19)20;/h2-9,16,22H,21H2,1H3;1H/t16-;/m1./s1. The lowest BCUT2D eigenvalue weighted by Crippen LogP contribution is -2.17.